The van der Waals surface area contributed by atoms with Crippen molar-refractivity contribution in [1.29, 1.82) is 0 Å². The summed E-state index contributed by atoms with van der Waals surface area (Å²) in [5, 5.41) is 0.409. The van der Waals surface area contributed by atoms with Gasteiger partial charge in [-0.3, -0.25) is 19.3 Å². The van der Waals surface area contributed by atoms with Crippen LogP contribution >= 0.6 is 11.6 Å². The number of nitrogens with zero attached hydrogens (tertiary/aromatic N) is 3. The van der Waals surface area contributed by atoms with E-state index in [1.165, 1.54) is 0 Å². The van der Waals surface area contributed by atoms with Crippen molar-refractivity contribution in [1.82, 2.24) is 14.7 Å². The second-order valence-corrected chi connectivity index (χ2v) is 9.43. The van der Waals surface area contributed by atoms with Crippen LogP contribution in [0.5, 0.6) is 0 Å². The van der Waals surface area contributed by atoms with E-state index < -0.39 is 11.8 Å². The summed E-state index contributed by atoms with van der Waals surface area (Å²) in [6.45, 7) is 2.87. The molecule has 0 saturated carbocycles. The molecule has 3 heterocycles. The summed E-state index contributed by atoms with van der Waals surface area (Å²) in [4.78, 5) is 45.4. The first-order valence-electron chi connectivity index (χ1n) is 11.9. The van der Waals surface area contributed by atoms with Crippen LogP contribution in [0.3, 0.4) is 0 Å². The van der Waals surface area contributed by atoms with E-state index >= 15 is 0 Å². The normalized spacial score (nSPS) is 21.9. The van der Waals surface area contributed by atoms with E-state index in [4.69, 9.17) is 21.1 Å². The second-order valence-electron chi connectivity index (χ2n) is 9.02. The van der Waals surface area contributed by atoms with Gasteiger partial charge in [0.1, 0.15) is 11.8 Å². The maximum absolute atomic E-state index is 13.8. The van der Waals surface area contributed by atoms with Crippen LogP contribution in [0.1, 0.15) is 33.6 Å². The molecule has 3 amide bonds. The molecule has 0 radical (unpaired) electrons. The minimum Gasteiger partial charge on any atom is -0.378 e. The summed E-state index contributed by atoms with van der Waals surface area (Å²) in [5.41, 5.74) is 0.0124. The average molecular weight is 498 g/mol. The van der Waals surface area contributed by atoms with Gasteiger partial charge < -0.3 is 19.3 Å². The van der Waals surface area contributed by atoms with Gasteiger partial charge in [0.2, 0.25) is 5.91 Å². The number of carbonyl (C=O) groups excluding carboxylic acids is 3. The zero-order valence-corrected chi connectivity index (χ0v) is 20.2. The molecule has 1 atom stereocenters. The first-order chi connectivity index (χ1) is 17.0. The van der Waals surface area contributed by atoms with Gasteiger partial charge >= 0.3 is 0 Å². The number of hydrogen-bond acceptors (Lipinski definition) is 5. The molecule has 3 aliphatic heterocycles. The van der Waals surface area contributed by atoms with Crippen molar-refractivity contribution in [2.24, 2.45) is 0 Å². The predicted molar refractivity (Wildman–Crippen MR) is 129 cm³/mol. The van der Waals surface area contributed by atoms with Crippen molar-refractivity contribution in [2.75, 3.05) is 46.0 Å². The van der Waals surface area contributed by atoms with Crippen molar-refractivity contribution in [2.45, 2.75) is 24.6 Å². The molecule has 1 unspecified atom stereocenters. The summed E-state index contributed by atoms with van der Waals surface area (Å²) < 4.78 is 11.7. The predicted octanol–water partition coefficient (Wildman–Crippen LogP) is 2.67. The van der Waals surface area contributed by atoms with Crippen molar-refractivity contribution in [3.63, 3.8) is 0 Å². The Kier molecular flexibility index (Phi) is 6.77. The van der Waals surface area contributed by atoms with Crippen LogP contribution in [0.15, 0.2) is 54.6 Å². The largest absolute Gasteiger partial charge is 0.378 e. The SMILES string of the molecule is O=C(c1ccccc1Cl)N1CCC2(CC1)OCC(C(=O)N1CCOCC1)N2C(=O)c1ccccc1. The minimum atomic E-state index is -0.948. The van der Waals surface area contributed by atoms with E-state index in [1.807, 2.05) is 6.07 Å². The smallest absolute Gasteiger partial charge is 0.256 e. The maximum atomic E-state index is 13.8. The van der Waals surface area contributed by atoms with Crippen LogP contribution in [-0.2, 0) is 14.3 Å². The summed E-state index contributed by atoms with van der Waals surface area (Å²) in [6.07, 6.45) is 0.823. The zero-order valence-electron chi connectivity index (χ0n) is 19.4. The molecular weight excluding hydrogens is 470 g/mol. The summed E-state index contributed by atoms with van der Waals surface area (Å²) in [5.74, 6) is -0.505. The van der Waals surface area contributed by atoms with Crippen LogP contribution in [0, 0.1) is 0 Å². The lowest BCUT2D eigenvalue weighted by atomic mass is 9.96. The highest BCUT2D eigenvalue weighted by Gasteiger charge is 2.55. The van der Waals surface area contributed by atoms with Crippen molar-refractivity contribution in [3.8, 4) is 0 Å². The van der Waals surface area contributed by atoms with Gasteiger partial charge in [-0.05, 0) is 24.3 Å². The molecule has 0 aliphatic carbocycles. The molecule has 3 saturated heterocycles. The Morgan fingerprint density at radius 2 is 1.49 bits per heavy atom. The third-order valence-electron chi connectivity index (χ3n) is 7.04. The van der Waals surface area contributed by atoms with E-state index in [9.17, 15) is 14.4 Å². The Morgan fingerprint density at radius 3 is 2.17 bits per heavy atom. The number of ether oxygens (including phenoxy) is 2. The molecule has 5 rings (SSSR count). The van der Waals surface area contributed by atoms with Crippen LogP contribution in [0.2, 0.25) is 5.02 Å². The van der Waals surface area contributed by atoms with Gasteiger partial charge in [0, 0.05) is 44.6 Å². The van der Waals surface area contributed by atoms with Gasteiger partial charge in [0.15, 0.2) is 0 Å². The summed E-state index contributed by atoms with van der Waals surface area (Å²) in [6, 6.07) is 15.2. The number of rotatable bonds is 3. The third kappa shape index (κ3) is 4.53. The van der Waals surface area contributed by atoms with Crippen molar-refractivity contribution in [3.05, 3.63) is 70.7 Å². The number of carbonyl (C=O) groups is 3. The van der Waals surface area contributed by atoms with Gasteiger partial charge in [0.05, 0.1) is 30.4 Å². The van der Waals surface area contributed by atoms with E-state index in [2.05, 4.69) is 0 Å². The molecule has 184 valence electrons. The van der Waals surface area contributed by atoms with E-state index in [-0.39, 0.29) is 24.3 Å². The molecule has 3 aliphatic rings. The number of amides is 3. The van der Waals surface area contributed by atoms with Gasteiger partial charge in [-0.15, -0.1) is 0 Å². The maximum Gasteiger partial charge on any atom is 0.256 e. The number of piperidine rings is 1. The number of benzene rings is 2. The monoisotopic (exact) mass is 497 g/mol. The summed E-state index contributed by atoms with van der Waals surface area (Å²) >= 11 is 6.24. The lowest BCUT2D eigenvalue weighted by Crippen LogP contribution is -2.60. The van der Waals surface area contributed by atoms with Gasteiger partial charge in [0.25, 0.3) is 11.8 Å². The summed E-state index contributed by atoms with van der Waals surface area (Å²) in [7, 11) is 0. The fraction of sp³-hybridized carbons (Fsp3) is 0.423. The molecule has 0 aromatic heterocycles. The zero-order chi connectivity index (χ0) is 24.4. The Balaban J connectivity index is 1.39. The Labute approximate surface area is 209 Å². The Morgan fingerprint density at radius 1 is 0.829 bits per heavy atom. The van der Waals surface area contributed by atoms with Crippen LogP contribution in [0.4, 0.5) is 0 Å². The highest BCUT2D eigenvalue weighted by Crippen LogP contribution is 2.39. The van der Waals surface area contributed by atoms with Crippen molar-refractivity contribution >= 4 is 29.3 Å². The Bertz CT molecular complexity index is 1100. The van der Waals surface area contributed by atoms with Gasteiger partial charge in [-0.25, -0.2) is 0 Å². The average Bonchev–Trinajstić information content (AvgIpc) is 3.27. The van der Waals surface area contributed by atoms with Gasteiger partial charge in [-0.1, -0.05) is 41.9 Å². The fourth-order valence-corrected chi connectivity index (χ4v) is 5.35. The van der Waals surface area contributed by atoms with Crippen LogP contribution in [0.25, 0.3) is 0 Å². The standard InChI is InChI=1S/C26H28ClN3O5/c27-21-9-5-4-8-20(21)24(32)28-12-10-26(11-13-28)30(23(31)19-6-2-1-3-7-19)22(18-35-26)25(33)29-14-16-34-17-15-29/h1-9,22H,10-18H2. The topological polar surface area (TPSA) is 79.4 Å². The highest BCUT2D eigenvalue weighted by molar-refractivity contribution is 6.33. The molecule has 2 aromatic rings. The van der Waals surface area contributed by atoms with Crippen LogP contribution < -0.4 is 0 Å². The fourth-order valence-electron chi connectivity index (χ4n) is 5.13. The lowest BCUT2D eigenvalue weighted by molar-refractivity contribution is -0.141. The molecule has 9 heteroatoms. The first kappa shape index (κ1) is 23.8. The molecule has 35 heavy (non-hydrogen) atoms. The quantitative estimate of drug-likeness (QED) is 0.651. The molecule has 0 N–H and O–H groups in total. The number of hydrogen-bond donors (Lipinski definition) is 0. The number of likely N-dealkylation sites (tertiary alicyclic amines) is 1. The van der Waals surface area contributed by atoms with Gasteiger partial charge in [-0.2, -0.15) is 0 Å². The first-order valence-corrected chi connectivity index (χ1v) is 12.3. The highest BCUT2D eigenvalue weighted by atomic mass is 35.5. The van der Waals surface area contributed by atoms with Crippen molar-refractivity contribution < 1.29 is 23.9 Å². The molecule has 1 spiro atoms. The number of halogens is 1. The Hall–Kier alpha value is -2.94. The van der Waals surface area contributed by atoms with E-state index in [1.54, 1.807) is 63.2 Å². The van der Waals surface area contributed by atoms with E-state index in [0.717, 1.165) is 0 Å². The molecule has 2 aromatic carbocycles. The lowest BCUT2D eigenvalue weighted by Gasteiger charge is -2.45. The van der Waals surface area contributed by atoms with Crippen LogP contribution in [-0.4, -0.2) is 90.2 Å². The van der Waals surface area contributed by atoms with E-state index in [0.29, 0.717) is 68.4 Å². The second kappa shape index (κ2) is 9.97. The molecular formula is C26H28ClN3O5. The minimum absolute atomic E-state index is 0.121. The number of morpholine rings is 1. The third-order valence-corrected chi connectivity index (χ3v) is 7.37. The molecule has 0 bridgehead atoms. The molecule has 8 nitrogen and oxygen atoms in total. The molecule has 3 fully saturated rings.